The van der Waals surface area contributed by atoms with Crippen molar-refractivity contribution in [3.8, 4) is 0 Å². The molecule has 0 saturated heterocycles. The Bertz CT molecular complexity index is 407. The Morgan fingerprint density at radius 2 is 1.92 bits per heavy atom. The molecule has 0 atom stereocenters. The predicted molar refractivity (Wildman–Crippen MR) is 46.2 cm³/mol. The van der Waals surface area contributed by atoms with E-state index >= 15 is 0 Å². The van der Waals surface area contributed by atoms with Gasteiger partial charge in [0.25, 0.3) is 0 Å². The SMILES string of the molecule is c1cnc2c(c1)Cc1n[nH]nc1C2. The van der Waals surface area contributed by atoms with E-state index in [0.717, 1.165) is 29.9 Å². The van der Waals surface area contributed by atoms with Crippen molar-refractivity contribution in [2.24, 2.45) is 0 Å². The highest BCUT2D eigenvalue weighted by Gasteiger charge is 2.18. The van der Waals surface area contributed by atoms with Gasteiger partial charge in [0.15, 0.2) is 0 Å². The molecule has 1 aliphatic rings. The molecule has 0 unspecified atom stereocenters. The summed E-state index contributed by atoms with van der Waals surface area (Å²) in [6.07, 6.45) is 3.49. The second-order valence-electron chi connectivity index (χ2n) is 3.18. The molecule has 2 aromatic rings. The van der Waals surface area contributed by atoms with Crippen LogP contribution in [0, 0.1) is 0 Å². The maximum atomic E-state index is 4.32. The van der Waals surface area contributed by atoms with Gasteiger partial charge < -0.3 is 0 Å². The van der Waals surface area contributed by atoms with E-state index in [1.165, 1.54) is 5.56 Å². The Morgan fingerprint density at radius 3 is 2.85 bits per heavy atom. The minimum absolute atomic E-state index is 0.808. The summed E-state index contributed by atoms with van der Waals surface area (Å²) in [6, 6.07) is 4.06. The fourth-order valence-corrected chi connectivity index (χ4v) is 1.69. The Kier molecular flexibility index (Phi) is 1.24. The summed E-state index contributed by atoms with van der Waals surface area (Å²) in [4.78, 5) is 4.32. The van der Waals surface area contributed by atoms with Gasteiger partial charge >= 0.3 is 0 Å². The molecule has 0 radical (unpaired) electrons. The van der Waals surface area contributed by atoms with Crippen LogP contribution in [0.1, 0.15) is 22.6 Å². The first-order chi connectivity index (χ1) is 6.43. The Morgan fingerprint density at radius 1 is 1.08 bits per heavy atom. The highest BCUT2D eigenvalue weighted by atomic mass is 15.3. The van der Waals surface area contributed by atoms with Crippen LogP contribution in [0.25, 0.3) is 0 Å². The molecular formula is C9H8N4. The van der Waals surface area contributed by atoms with E-state index in [4.69, 9.17) is 0 Å². The van der Waals surface area contributed by atoms with Gasteiger partial charge in [0.05, 0.1) is 11.4 Å². The Hall–Kier alpha value is -1.71. The van der Waals surface area contributed by atoms with Crippen LogP contribution < -0.4 is 0 Å². The number of hydrogen-bond donors (Lipinski definition) is 1. The van der Waals surface area contributed by atoms with Gasteiger partial charge in [0.2, 0.25) is 0 Å². The van der Waals surface area contributed by atoms with Gasteiger partial charge in [-0.25, -0.2) is 0 Å². The standard InChI is InChI=1S/C9H8N4/c1-2-6-4-8-9(12-13-11-8)5-7(6)10-3-1/h1-3H,4-5H2,(H,11,12,13). The molecule has 0 aromatic carbocycles. The van der Waals surface area contributed by atoms with Crippen LogP contribution in [0.3, 0.4) is 0 Å². The molecule has 1 aliphatic carbocycles. The molecule has 0 fully saturated rings. The Balaban J connectivity index is 2.14. The van der Waals surface area contributed by atoms with Crippen molar-refractivity contribution in [1.82, 2.24) is 20.4 Å². The summed E-state index contributed by atoms with van der Waals surface area (Å²) in [6.45, 7) is 0. The second kappa shape index (κ2) is 2.39. The minimum atomic E-state index is 0.808. The number of nitrogens with zero attached hydrogens (tertiary/aromatic N) is 3. The smallest absolute Gasteiger partial charge is 0.0919 e. The number of hydrogen-bond acceptors (Lipinski definition) is 3. The van der Waals surface area contributed by atoms with Gasteiger partial charge in [-0.3, -0.25) is 4.98 Å². The van der Waals surface area contributed by atoms with E-state index < -0.39 is 0 Å². The number of pyridine rings is 1. The number of nitrogens with one attached hydrogen (secondary N) is 1. The van der Waals surface area contributed by atoms with E-state index in [0.29, 0.717) is 0 Å². The highest BCUT2D eigenvalue weighted by Crippen LogP contribution is 2.21. The molecular weight excluding hydrogens is 164 g/mol. The van der Waals surface area contributed by atoms with Crippen LogP contribution >= 0.6 is 0 Å². The lowest BCUT2D eigenvalue weighted by molar-refractivity contribution is 0.902. The van der Waals surface area contributed by atoms with E-state index in [9.17, 15) is 0 Å². The van der Waals surface area contributed by atoms with Crippen LogP contribution in [0.4, 0.5) is 0 Å². The lowest BCUT2D eigenvalue weighted by Gasteiger charge is -2.11. The lowest BCUT2D eigenvalue weighted by atomic mass is 9.97. The fraction of sp³-hybridized carbons (Fsp3) is 0.222. The molecule has 4 nitrogen and oxygen atoms in total. The molecule has 0 bridgehead atoms. The Labute approximate surface area is 75.0 Å². The summed E-state index contributed by atoms with van der Waals surface area (Å²) < 4.78 is 0. The summed E-state index contributed by atoms with van der Waals surface area (Å²) in [5, 5.41) is 10.8. The molecule has 0 aliphatic heterocycles. The summed E-state index contributed by atoms with van der Waals surface area (Å²) in [5.41, 5.74) is 4.49. The van der Waals surface area contributed by atoms with Crippen molar-refractivity contribution >= 4 is 0 Å². The third-order valence-electron chi connectivity index (χ3n) is 2.38. The molecule has 3 rings (SSSR count). The zero-order valence-electron chi connectivity index (χ0n) is 6.99. The highest BCUT2D eigenvalue weighted by molar-refractivity contribution is 5.34. The monoisotopic (exact) mass is 172 g/mol. The van der Waals surface area contributed by atoms with E-state index in [1.807, 2.05) is 12.3 Å². The number of H-pyrrole nitrogens is 1. The predicted octanol–water partition coefficient (Wildman–Crippen LogP) is 0.695. The maximum absolute atomic E-state index is 4.32. The minimum Gasteiger partial charge on any atom is -0.261 e. The van der Waals surface area contributed by atoms with Crippen LogP contribution in [0.2, 0.25) is 0 Å². The average molecular weight is 172 g/mol. The molecule has 13 heavy (non-hydrogen) atoms. The molecule has 0 spiro atoms. The quantitative estimate of drug-likeness (QED) is 0.543. The van der Waals surface area contributed by atoms with Crippen molar-refractivity contribution in [3.05, 3.63) is 41.0 Å². The van der Waals surface area contributed by atoms with E-state index in [2.05, 4.69) is 26.5 Å². The van der Waals surface area contributed by atoms with Crippen LogP contribution in [0.5, 0.6) is 0 Å². The second-order valence-corrected chi connectivity index (χ2v) is 3.18. The van der Waals surface area contributed by atoms with Gasteiger partial charge in [0, 0.05) is 24.7 Å². The van der Waals surface area contributed by atoms with Crippen molar-refractivity contribution in [1.29, 1.82) is 0 Å². The largest absolute Gasteiger partial charge is 0.261 e. The molecule has 0 saturated carbocycles. The normalized spacial score (nSPS) is 13.5. The molecule has 1 N–H and O–H groups in total. The first kappa shape index (κ1) is 6.77. The molecule has 4 heteroatoms. The van der Waals surface area contributed by atoms with Gasteiger partial charge in [0.1, 0.15) is 0 Å². The lowest BCUT2D eigenvalue weighted by Crippen LogP contribution is -2.08. The number of fused-ring (bicyclic) bond motifs is 2. The van der Waals surface area contributed by atoms with Crippen molar-refractivity contribution < 1.29 is 0 Å². The van der Waals surface area contributed by atoms with Crippen molar-refractivity contribution in [2.75, 3.05) is 0 Å². The zero-order chi connectivity index (χ0) is 8.67. The zero-order valence-corrected chi connectivity index (χ0v) is 6.99. The summed E-state index contributed by atoms with van der Waals surface area (Å²) >= 11 is 0. The number of aromatic amines is 1. The van der Waals surface area contributed by atoms with E-state index in [-0.39, 0.29) is 0 Å². The van der Waals surface area contributed by atoms with Gasteiger partial charge in [-0.1, -0.05) is 6.07 Å². The van der Waals surface area contributed by atoms with Gasteiger partial charge in [-0.05, 0) is 11.6 Å². The van der Waals surface area contributed by atoms with E-state index in [1.54, 1.807) is 0 Å². The third kappa shape index (κ3) is 0.950. The molecule has 64 valence electrons. The molecule has 2 aromatic heterocycles. The summed E-state index contributed by atoms with van der Waals surface area (Å²) in [5.74, 6) is 0. The third-order valence-corrected chi connectivity index (χ3v) is 2.38. The number of aromatic nitrogens is 4. The first-order valence-electron chi connectivity index (χ1n) is 4.25. The fourth-order valence-electron chi connectivity index (χ4n) is 1.69. The average Bonchev–Trinajstić information content (AvgIpc) is 2.61. The maximum Gasteiger partial charge on any atom is 0.0919 e. The number of rotatable bonds is 0. The van der Waals surface area contributed by atoms with Gasteiger partial charge in [-0.15, -0.1) is 0 Å². The van der Waals surface area contributed by atoms with Crippen molar-refractivity contribution in [2.45, 2.75) is 12.8 Å². The molecule has 0 amide bonds. The first-order valence-corrected chi connectivity index (χ1v) is 4.25. The van der Waals surface area contributed by atoms with Crippen molar-refractivity contribution in [3.63, 3.8) is 0 Å². The van der Waals surface area contributed by atoms with Crippen LogP contribution in [-0.2, 0) is 12.8 Å². The topological polar surface area (TPSA) is 54.5 Å². The van der Waals surface area contributed by atoms with Crippen LogP contribution in [0.15, 0.2) is 18.3 Å². The molecule has 2 heterocycles. The summed E-state index contributed by atoms with van der Waals surface area (Å²) in [7, 11) is 0. The van der Waals surface area contributed by atoms with Gasteiger partial charge in [-0.2, -0.15) is 15.4 Å². The van der Waals surface area contributed by atoms with Crippen LogP contribution in [-0.4, -0.2) is 20.4 Å².